The second-order valence-electron chi connectivity index (χ2n) is 3.50. The molecule has 0 spiro atoms. The van der Waals surface area contributed by atoms with Crippen LogP contribution in [0.2, 0.25) is 0 Å². The molecule has 1 unspecified atom stereocenters. The van der Waals surface area contributed by atoms with Crippen molar-refractivity contribution in [3.63, 3.8) is 0 Å². The Morgan fingerprint density at radius 3 is 2.82 bits per heavy atom. The minimum atomic E-state index is -0.435. The Kier molecular flexibility index (Phi) is 3.13. The summed E-state index contributed by atoms with van der Waals surface area (Å²) < 4.78 is 0. The Morgan fingerprint density at radius 2 is 2.27 bits per heavy atom. The number of hydrogen-bond acceptors (Lipinski definition) is 1. The third-order valence-electron chi connectivity index (χ3n) is 2.39. The van der Waals surface area contributed by atoms with Crippen molar-refractivity contribution in [2.75, 3.05) is 0 Å². The molecule has 1 nitrogen and oxygen atoms in total. The lowest BCUT2D eigenvalue weighted by atomic mass is 9.96. The minimum Gasteiger partial charge on any atom is -0.386 e. The van der Waals surface area contributed by atoms with Crippen LogP contribution in [0.5, 0.6) is 0 Å². The number of aliphatic hydroxyl groups is 1. The topological polar surface area (TPSA) is 20.2 Å². The largest absolute Gasteiger partial charge is 0.386 e. The molecule has 0 aromatic carbocycles. The molecule has 0 fully saturated rings. The van der Waals surface area contributed by atoms with Crippen LogP contribution in [0.15, 0.2) is 12.2 Å². The molecule has 0 radical (unpaired) electrons. The summed E-state index contributed by atoms with van der Waals surface area (Å²) in [6.07, 6.45) is 10.7. The molecule has 1 N–H and O–H groups in total. The standard InChI is InChI=1S/C10H18O/c1-2-3-4-7-10(11)8-5-6-9-10/h5,8,11H,2-4,6-7,9H2,1H3. The van der Waals surface area contributed by atoms with Gasteiger partial charge in [0, 0.05) is 0 Å². The molecule has 11 heavy (non-hydrogen) atoms. The van der Waals surface area contributed by atoms with Gasteiger partial charge in [0.15, 0.2) is 0 Å². The van der Waals surface area contributed by atoms with E-state index < -0.39 is 5.60 Å². The molecule has 0 amide bonds. The van der Waals surface area contributed by atoms with Gasteiger partial charge in [-0.3, -0.25) is 0 Å². The summed E-state index contributed by atoms with van der Waals surface area (Å²) in [4.78, 5) is 0. The summed E-state index contributed by atoms with van der Waals surface area (Å²) in [5.74, 6) is 0. The Bertz CT molecular complexity index is 140. The maximum atomic E-state index is 9.83. The lowest BCUT2D eigenvalue weighted by Crippen LogP contribution is -2.22. The van der Waals surface area contributed by atoms with Crippen molar-refractivity contribution in [2.24, 2.45) is 0 Å². The molecule has 0 aromatic rings. The van der Waals surface area contributed by atoms with Crippen LogP contribution in [0, 0.1) is 0 Å². The van der Waals surface area contributed by atoms with E-state index in [1.807, 2.05) is 6.08 Å². The summed E-state index contributed by atoms with van der Waals surface area (Å²) >= 11 is 0. The Balaban J connectivity index is 2.18. The smallest absolute Gasteiger partial charge is 0.0830 e. The van der Waals surface area contributed by atoms with Gasteiger partial charge < -0.3 is 5.11 Å². The molecule has 1 rings (SSSR count). The van der Waals surface area contributed by atoms with Crippen LogP contribution in [0.4, 0.5) is 0 Å². The van der Waals surface area contributed by atoms with Gasteiger partial charge in [-0.2, -0.15) is 0 Å². The lowest BCUT2D eigenvalue weighted by Gasteiger charge is -2.19. The van der Waals surface area contributed by atoms with Crippen LogP contribution in [0.3, 0.4) is 0 Å². The van der Waals surface area contributed by atoms with Crippen molar-refractivity contribution in [3.8, 4) is 0 Å². The van der Waals surface area contributed by atoms with Crippen molar-refractivity contribution in [3.05, 3.63) is 12.2 Å². The van der Waals surface area contributed by atoms with Gasteiger partial charge in [0.05, 0.1) is 5.60 Å². The average molecular weight is 154 g/mol. The van der Waals surface area contributed by atoms with Crippen molar-refractivity contribution in [1.82, 2.24) is 0 Å². The zero-order valence-corrected chi connectivity index (χ0v) is 7.34. The lowest BCUT2D eigenvalue weighted by molar-refractivity contribution is 0.0786. The minimum absolute atomic E-state index is 0.435. The zero-order valence-electron chi connectivity index (χ0n) is 7.34. The van der Waals surface area contributed by atoms with Crippen LogP contribution in [-0.4, -0.2) is 10.7 Å². The van der Waals surface area contributed by atoms with Crippen LogP contribution >= 0.6 is 0 Å². The molecule has 1 atom stereocenters. The van der Waals surface area contributed by atoms with Crippen LogP contribution in [0.1, 0.15) is 45.4 Å². The molecule has 1 aliphatic rings. The van der Waals surface area contributed by atoms with Gasteiger partial charge in [-0.15, -0.1) is 0 Å². The van der Waals surface area contributed by atoms with Gasteiger partial charge in [-0.25, -0.2) is 0 Å². The number of allylic oxidation sites excluding steroid dienone is 1. The first-order chi connectivity index (χ1) is 5.27. The molecule has 0 heterocycles. The van der Waals surface area contributed by atoms with Crippen LogP contribution in [0.25, 0.3) is 0 Å². The Hall–Kier alpha value is -0.300. The van der Waals surface area contributed by atoms with Crippen molar-refractivity contribution >= 4 is 0 Å². The highest BCUT2D eigenvalue weighted by Crippen LogP contribution is 2.27. The first kappa shape index (κ1) is 8.79. The highest BCUT2D eigenvalue weighted by molar-refractivity contribution is 5.07. The maximum Gasteiger partial charge on any atom is 0.0830 e. The summed E-state index contributed by atoms with van der Waals surface area (Å²) in [5, 5.41) is 9.83. The SMILES string of the molecule is CCCCCC1(O)C=CCC1. The predicted octanol–water partition coefficient (Wildman–Crippen LogP) is 2.65. The third kappa shape index (κ3) is 2.66. The van der Waals surface area contributed by atoms with E-state index in [1.54, 1.807) is 0 Å². The summed E-state index contributed by atoms with van der Waals surface area (Å²) in [6.45, 7) is 2.19. The van der Waals surface area contributed by atoms with Crippen molar-refractivity contribution < 1.29 is 5.11 Å². The normalized spacial score (nSPS) is 29.6. The second-order valence-corrected chi connectivity index (χ2v) is 3.50. The fourth-order valence-corrected chi connectivity index (χ4v) is 1.61. The number of unbranched alkanes of at least 4 members (excludes halogenated alkanes) is 2. The van der Waals surface area contributed by atoms with Crippen molar-refractivity contribution in [1.29, 1.82) is 0 Å². The molecule has 0 saturated carbocycles. The first-order valence-corrected chi connectivity index (χ1v) is 4.67. The monoisotopic (exact) mass is 154 g/mol. The highest BCUT2D eigenvalue weighted by Gasteiger charge is 2.24. The van der Waals surface area contributed by atoms with Gasteiger partial charge in [-0.05, 0) is 19.3 Å². The van der Waals surface area contributed by atoms with Gasteiger partial charge in [0.1, 0.15) is 0 Å². The summed E-state index contributed by atoms with van der Waals surface area (Å²) in [6, 6.07) is 0. The molecule has 0 aliphatic heterocycles. The zero-order chi connectivity index (χ0) is 8.16. The molecule has 1 aliphatic carbocycles. The molecule has 0 saturated heterocycles. The number of rotatable bonds is 4. The van der Waals surface area contributed by atoms with E-state index in [0.717, 1.165) is 25.7 Å². The first-order valence-electron chi connectivity index (χ1n) is 4.67. The fourth-order valence-electron chi connectivity index (χ4n) is 1.61. The van der Waals surface area contributed by atoms with E-state index in [2.05, 4.69) is 13.0 Å². The predicted molar refractivity (Wildman–Crippen MR) is 47.5 cm³/mol. The van der Waals surface area contributed by atoms with Gasteiger partial charge in [-0.1, -0.05) is 38.3 Å². The van der Waals surface area contributed by atoms with Crippen LogP contribution in [-0.2, 0) is 0 Å². The molecular weight excluding hydrogens is 136 g/mol. The van der Waals surface area contributed by atoms with E-state index in [9.17, 15) is 5.11 Å². The number of hydrogen-bond donors (Lipinski definition) is 1. The Morgan fingerprint density at radius 1 is 1.45 bits per heavy atom. The second kappa shape index (κ2) is 3.91. The molecular formula is C10H18O. The van der Waals surface area contributed by atoms with E-state index >= 15 is 0 Å². The van der Waals surface area contributed by atoms with E-state index in [1.165, 1.54) is 12.8 Å². The third-order valence-corrected chi connectivity index (χ3v) is 2.39. The quantitative estimate of drug-likeness (QED) is 0.487. The molecule has 0 aromatic heterocycles. The van der Waals surface area contributed by atoms with E-state index in [-0.39, 0.29) is 0 Å². The van der Waals surface area contributed by atoms with Gasteiger partial charge in [0.2, 0.25) is 0 Å². The van der Waals surface area contributed by atoms with Crippen molar-refractivity contribution in [2.45, 2.75) is 51.0 Å². The maximum absolute atomic E-state index is 9.83. The van der Waals surface area contributed by atoms with E-state index in [4.69, 9.17) is 0 Å². The molecule has 1 heteroatoms. The highest BCUT2D eigenvalue weighted by atomic mass is 16.3. The fraction of sp³-hybridized carbons (Fsp3) is 0.800. The summed E-state index contributed by atoms with van der Waals surface area (Å²) in [5.41, 5.74) is -0.435. The Labute approximate surface area is 69.1 Å². The summed E-state index contributed by atoms with van der Waals surface area (Å²) in [7, 11) is 0. The molecule has 64 valence electrons. The average Bonchev–Trinajstić information content (AvgIpc) is 2.38. The van der Waals surface area contributed by atoms with E-state index in [0.29, 0.717) is 0 Å². The van der Waals surface area contributed by atoms with Gasteiger partial charge in [0.25, 0.3) is 0 Å². The molecule has 0 bridgehead atoms. The van der Waals surface area contributed by atoms with Gasteiger partial charge >= 0.3 is 0 Å². The van der Waals surface area contributed by atoms with Crippen LogP contribution < -0.4 is 0 Å².